The van der Waals surface area contributed by atoms with E-state index in [0.717, 1.165) is 5.69 Å². The van der Waals surface area contributed by atoms with Crippen LogP contribution in [0, 0.1) is 0 Å². The second-order valence-corrected chi connectivity index (χ2v) is 4.34. The fourth-order valence-corrected chi connectivity index (χ4v) is 1.67. The number of amides is 1. The van der Waals surface area contributed by atoms with Gasteiger partial charge in [-0.2, -0.15) is 0 Å². The fraction of sp³-hybridized carbons (Fsp3) is 0.200. The van der Waals surface area contributed by atoms with Crippen LogP contribution >= 0.6 is 0 Å². The van der Waals surface area contributed by atoms with Crippen molar-refractivity contribution in [2.75, 3.05) is 11.9 Å². The van der Waals surface area contributed by atoms with Crippen molar-refractivity contribution in [2.45, 2.75) is 13.5 Å². The van der Waals surface area contributed by atoms with E-state index in [9.17, 15) is 9.59 Å². The molecule has 0 spiro atoms. The molecule has 1 heterocycles. The molecule has 0 bridgehead atoms. The lowest BCUT2D eigenvalue weighted by Gasteiger charge is -2.07. The molecule has 1 aromatic heterocycles. The number of rotatable bonds is 6. The Bertz CT molecular complexity index is 574. The number of Topliss-reactive ketones (excluding diaryl/α,β-unsaturated/α-hetero) is 1. The number of hydrogen-bond acceptors (Lipinski definition) is 4. The third kappa shape index (κ3) is 3.98. The number of benzene rings is 1. The molecule has 0 aliphatic carbocycles. The molecule has 0 saturated carbocycles. The summed E-state index contributed by atoms with van der Waals surface area (Å²) in [7, 11) is 0. The first kappa shape index (κ1) is 13.9. The van der Waals surface area contributed by atoms with Crippen molar-refractivity contribution in [3.63, 3.8) is 0 Å². The maximum absolute atomic E-state index is 11.6. The molecule has 0 unspecified atom stereocenters. The van der Waals surface area contributed by atoms with Gasteiger partial charge in [-0.1, -0.05) is 0 Å². The van der Waals surface area contributed by atoms with Crippen LogP contribution in [-0.2, 0) is 11.3 Å². The molecule has 104 valence electrons. The van der Waals surface area contributed by atoms with E-state index in [1.165, 1.54) is 6.92 Å². The first-order valence-corrected chi connectivity index (χ1v) is 6.29. The Balaban J connectivity index is 1.76. The molecule has 2 rings (SSSR count). The summed E-state index contributed by atoms with van der Waals surface area (Å²) in [5, 5.41) is 5.72. The molecular weight excluding hydrogens is 256 g/mol. The summed E-state index contributed by atoms with van der Waals surface area (Å²) in [6.45, 7) is 2.06. The number of furan rings is 1. The van der Waals surface area contributed by atoms with E-state index < -0.39 is 0 Å². The molecule has 20 heavy (non-hydrogen) atoms. The number of ketones is 1. The van der Waals surface area contributed by atoms with Gasteiger partial charge in [-0.3, -0.25) is 9.59 Å². The average molecular weight is 272 g/mol. The predicted octanol–water partition coefficient (Wildman–Crippen LogP) is 2.21. The normalized spacial score (nSPS) is 10.1. The number of anilines is 1. The summed E-state index contributed by atoms with van der Waals surface area (Å²) in [6, 6.07) is 10.6. The molecule has 5 heteroatoms. The third-order valence-electron chi connectivity index (χ3n) is 2.78. The number of carbonyl (C=O) groups excluding carboxylic acids is 2. The third-order valence-corrected chi connectivity index (χ3v) is 2.78. The Hall–Kier alpha value is -2.56. The van der Waals surface area contributed by atoms with Crippen LogP contribution in [0.3, 0.4) is 0 Å². The van der Waals surface area contributed by atoms with E-state index in [-0.39, 0.29) is 18.2 Å². The van der Waals surface area contributed by atoms with Crippen LogP contribution < -0.4 is 10.6 Å². The van der Waals surface area contributed by atoms with E-state index >= 15 is 0 Å². The van der Waals surface area contributed by atoms with Gasteiger partial charge in [0.2, 0.25) is 5.91 Å². The smallest absolute Gasteiger partial charge is 0.239 e. The van der Waals surface area contributed by atoms with Crippen molar-refractivity contribution >= 4 is 17.4 Å². The Kier molecular flexibility index (Phi) is 4.55. The summed E-state index contributed by atoms with van der Waals surface area (Å²) < 4.78 is 5.12. The van der Waals surface area contributed by atoms with Gasteiger partial charge >= 0.3 is 0 Å². The summed E-state index contributed by atoms with van der Waals surface area (Å²) in [5.41, 5.74) is 1.45. The average Bonchev–Trinajstić information content (AvgIpc) is 2.96. The van der Waals surface area contributed by atoms with E-state index in [1.54, 1.807) is 42.7 Å². The molecule has 1 aromatic carbocycles. The van der Waals surface area contributed by atoms with Crippen LogP contribution in [0.15, 0.2) is 47.1 Å². The lowest BCUT2D eigenvalue weighted by atomic mass is 10.1. The number of nitrogens with one attached hydrogen (secondary N) is 2. The first-order valence-electron chi connectivity index (χ1n) is 6.29. The molecule has 2 N–H and O–H groups in total. The Labute approximate surface area is 117 Å². The van der Waals surface area contributed by atoms with Crippen molar-refractivity contribution < 1.29 is 14.0 Å². The molecule has 2 aromatic rings. The molecule has 0 radical (unpaired) electrons. The van der Waals surface area contributed by atoms with Crippen molar-refractivity contribution in [3.05, 3.63) is 54.0 Å². The SMILES string of the molecule is CC(=O)c1ccc(NCC(=O)NCc2ccco2)cc1. The van der Waals surface area contributed by atoms with Crippen molar-refractivity contribution in [2.24, 2.45) is 0 Å². The Morgan fingerprint density at radius 2 is 1.90 bits per heavy atom. The topological polar surface area (TPSA) is 71.3 Å². The molecule has 0 atom stereocenters. The molecule has 5 nitrogen and oxygen atoms in total. The number of carbonyl (C=O) groups is 2. The van der Waals surface area contributed by atoms with Crippen molar-refractivity contribution in [1.29, 1.82) is 0 Å². The van der Waals surface area contributed by atoms with Crippen molar-refractivity contribution in [3.8, 4) is 0 Å². The van der Waals surface area contributed by atoms with E-state index in [2.05, 4.69) is 10.6 Å². The lowest BCUT2D eigenvalue weighted by Crippen LogP contribution is -2.29. The maximum atomic E-state index is 11.6. The van der Waals surface area contributed by atoms with Gasteiger partial charge in [0, 0.05) is 11.3 Å². The van der Waals surface area contributed by atoms with Crippen LogP contribution in [-0.4, -0.2) is 18.2 Å². The van der Waals surface area contributed by atoms with Crippen molar-refractivity contribution in [1.82, 2.24) is 5.32 Å². The van der Waals surface area contributed by atoms with E-state index in [4.69, 9.17) is 4.42 Å². The molecule has 0 fully saturated rings. The fourth-order valence-electron chi connectivity index (χ4n) is 1.67. The largest absolute Gasteiger partial charge is 0.467 e. The standard InChI is InChI=1S/C15H16N2O3/c1-11(18)12-4-6-13(7-5-12)16-10-15(19)17-9-14-3-2-8-20-14/h2-8,16H,9-10H2,1H3,(H,17,19). The van der Waals surface area contributed by atoms with Crippen LogP contribution in [0.2, 0.25) is 0 Å². The Morgan fingerprint density at radius 3 is 2.50 bits per heavy atom. The highest BCUT2D eigenvalue weighted by molar-refractivity contribution is 5.94. The van der Waals surface area contributed by atoms with Gasteiger partial charge in [-0.05, 0) is 43.3 Å². The second kappa shape index (κ2) is 6.56. The molecular formula is C15H16N2O3. The lowest BCUT2D eigenvalue weighted by molar-refractivity contribution is -0.119. The summed E-state index contributed by atoms with van der Waals surface area (Å²) in [6.07, 6.45) is 1.57. The highest BCUT2D eigenvalue weighted by Crippen LogP contribution is 2.09. The zero-order valence-electron chi connectivity index (χ0n) is 11.2. The molecule has 0 aliphatic heterocycles. The zero-order valence-corrected chi connectivity index (χ0v) is 11.2. The number of hydrogen-bond donors (Lipinski definition) is 2. The van der Waals surface area contributed by atoms with Gasteiger partial charge in [-0.15, -0.1) is 0 Å². The maximum Gasteiger partial charge on any atom is 0.239 e. The summed E-state index contributed by atoms with van der Waals surface area (Å²) in [4.78, 5) is 22.7. The molecule has 1 amide bonds. The summed E-state index contributed by atoms with van der Waals surface area (Å²) >= 11 is 0. The highest BCUT2D eigenvalue weighted by Gasteiger charge is 2.03. The minimum absolute atomic E-state index is 0.0211. The minimum Gasteiger partial charge on any atom is -0.467 e. The van der Waals surface area contributed by atoms with Crippen LogP contribution in [0.5, 0.6) is 0 Å². The minimum atomic E-state index is -0.128. The van der Waals surface area contributed by atoms with E-state index in [0.29, 0.717) is 17.9 Å². The molecule has 0 aliphatic rings. The van der Waals surface area contributed by atoms with Gasteiger partial charge in [0.05, 0.1) is 19.4 Å². The van der Waals surface area contributed by atoms with Gasteiger partial charge in [0.25, 0.3) is 0 Å². The quantitative estimate of drug-likeness (QED) is 0.791. The monoisotopic (exact) mass is 272 g/mol. The van der Waals surface area contributed by atoms with Gasteiger partial charge in [0.15, 0.2) is 5.78 Å². The predicted molar refractivity (Wildman–Crippen MR) is 75.5 cm³/mol. The van der Waals surface area contributed by atoms with E-state index in [1.807, 2.05) is 0 Å². The highest BCUT2D eigenvalue weighted by atomic mass is 16.3. The van der Waals surface area contributed by atoms with Gasteiger partial charge in [-0.25, -0.2) is 0 Å². The first-order chi connectivity index (χ1) is 9.65. The summed E-state index contributed by atoms with van der Waals surface area (Å²) in [5.74, 6) is 0.606. The zero-order chi connectivity index (χ0) is 14.4. The van der Waals surface area contributed by atoms with Crippen LogP contribution in [0.25, 0.3) is 0 Å². The molecule has 0 saturated heterocycles. The Morgan fingerprint density at radius 1 is 1.15 bits per heavy atom. The second-order valence-electron chi connectivity index (χ2n) is 4.34. The van der Waals surface area contributed by atoms with Crippen LogP contribution in [0.1, 0.15) is 23.0 Å². The van der Waals surface area contributed by atoms with Crippen LogP contribution in [0.4, 0.5) is 5.69 Å². The van der Waals surface area contributed by atoms with Gasteiger partial charge < -0.3 is 15.1 Å². The van der Waals surface area contributed by atoms with Gasteiger partial charge in [0.1, 0.15) is 5.76 Å².